The van der Waals surface area contributed by atoms with Gasteiger partial charge in [-0.15, -0.1) is 0 Å². The summed E-state index contributed by atoms with van der Waals surface area (Å²) in [5.74, 6) is 0.643. The van der Waals surface area contributed by atoms with E-state index in [2.05, 4.69) is 31.2 Å². The lowest BCUT2D eigenvalue weighted by molar-refractivity contribution is 0.500. The molecule has 0 bridgehead atoms. The summed E-state index contributed by atoms with van der Waals surface area (Å²) in [6.07, 6.45) is 2.95. The monoisotopic (exact) mass is 328 g/mol. The topological polar surface area (TPSA) is 50.2 Å². The van der Waals surface area contributed by atoms with Crippen molar-refractivity contribution in [2.45, 2.75) is 26.3 Å². The molecule has 1 aromatic rings. The number of nitrogens with one attached hydrogen (secondary N) is 1. The van der Waals surface area contributed by atoms with E-state index in [1.165, 1.54) is 4.68 Å². The Morgan fingerprint density at radius 2 is 2.32 bits per heavy atom. The predicted octanol–water partition coefficient (Wildman–Crippen LogP) is 1.63. The molecule has 1 aliphatic rings. The van der Waals surface area contributed by atoms with E-state index in [4.69, 9.17) is 0 Å². The fourth-order valence-electron chi connectivity index (χ4n) is 2.53. The van der Waals surface area contributed by atoms with E-state index in [0.717, 1.165) is 31.7 Å². The second-order valence-electron chi connectivity index (χ2n) is 5.35. The minimum Gasteiger partial charge on any atom is -0.369 e. The van der Waals surface area contributed by atoms with Gasteiger partial charge in [0, 0.05) is 13.1 Å². The molecular formula is C13H21BrN4O. The van der Waals surface area contributed by atoms with Crippen LogP contribution < -0.4 is 15.8 Å². The van der Waals surface area contributed by atoms with Gasteiger partial charge in [-0.3, -0.25) is 4.79 Å². The molecule has 5 nitrogen and oxygen atoms in total. The first kappa shape index (κ1) is 14.5. The van der Waals surface area contributed by atoms with Crippen LogP contribution in [0.4, 0.5) is 5.69 Å². The zero-order chi connectivity index (χ0) is 14.0. The first-order valence-electron chi connectivity index (χ1n) is 6.71. The largest absolute Gasteiger partial charge is 0.369 e. The maximum absolute atomic E-state index is 12.2. The Hall–Kier alpha value is -0.880. The second kappa shape index (κ2) is 6.05. The van der Waals surface area contributed by atoms with Gasteiger partial charge in [0.15, 0.2) is 0 Å². The quantitative estimate of drug-likeness (QED) is 0.912. The molecule has 1 fully saturated rings. The summed E-state index contributed by atoms with van der Waals surface area (Å²) >= 11 is 3.44. The summed E-state index contributed by atoms with van der Waals surface area (Å²) in [7, 11) is 1.98. The first-order chi connectivity index (χ1) is 9.04. The molecule has 0 amide bonds. The van der Waals surface area contributed by atoms with E-state index in [-0.39, 0.29) is 11.6 Å². The highest BCUT2D eigenvalue weighted by molar-refractivity contribution is 9.10. The molecule has 0 aliphatic carbocycles. The van der Waals surface area contributed by atoms with Crippen LogP contribution in [0.3, 0.4) is 0 Å². The van der Waals surface area contributed by atoms with Crippen LogP contribution in [0.5, 0.6) is 0 Å². The fourth-order valence-corrected chi connectivity index (χ4v) is 3.07. The molecule has 1 saturated heterocycles. The minimum absolute atomic E-state index is 0.0513. The van der Waals surface area contributed by atoms with E-state index in [0.29, 0.717) is 10.4 Å². The van der Waals surface area contributed by atoms with Crippen LogP contribution in [0.25, 0.3) is 0 Å². The predicted molar refractivity (Wildman–Crippen MR) is 80.8 cm³/mol. The summed E-state index contributed by atoms with van der Waals surface area (Å²) in [6, 6.07) is 0.0773. The third-order valence-electron chi connectivity index (χ3n) is 3.53. The summed E-state index contributed by atoms with van der Waals surface area (Å²) < 4.78 is 2.13. The molecule has 1 atom stereocenters. The molecule has 1 unspecified atom stereocenters. The van der Waals surface area contributed by atoms with Gasteiger partial charge in [0.2, 0.25) is 0 Å². The SMILES string of the molecule is CNCC1CCN(c2cnn(C(C)C)c(=O)c2Br)C1. The highest BCUT2D eigenvalue weighted by atomic mass is 79.9. The van der Waals surface area contributed by atoms with E-state index in [9.17, 15) is 4.79 Å². The summed E-state index contributed by atoms with van der Waals surface area (Å²) in [4.78, 5) is 14.5. The fraction of sp³-hybridized carbons (Fsp3) is 0.692. The molecule has 6 heteroatoms. The molecule has 106 valence electrons. The molecule has 1 aliphatic heterocycles. The molecular weight excluding hydrogens is 308 g/mol. The Morgan fingerprint density at radius 1 is 1.58 bits per heavy atom. The first-order valence-corrected chi connectivity index (χ1v) is 7.50. The molecule has 2 rings (SSSR count). The van der Waals surface area contributed by atoms with Gasteiger partial charge in [0.05, 0.1) is 17.9 Å². The number of aromatic nitrogens is 2. The van der Waals surface area contributed by atoms with Crippen molar-refractivity contribution in [2.24, 2.45) is 5.92 Å². The molecule has 0 radical (unpaired) electrons. The van der Waals surface area contributed by atoms with Crippen molar-refractivity contribution in [3.63, 3.8) is 0 Å². The van der Waals surface area contributed by atoms with Crippen molar-refractivity contribution >= 4 is 21.6 Å². The average Bonchev–Trinajstić information content (AvgIpc) is 2.81. The Balaban J connectivity index is 2.23. The molecule has 1 N–H and O–H groups in total. The van der Waals surface area contributed by atoms with Crippen molar-refractivity contribution < 1.29 is 0 Å². The van der Waals surface area contributed by atoms with Gasteiger partial charge in [-0.05, 0) is 55.7 Å². The van der Waals surface area contributed by atoms with Gasteiger partial charge >= 0.3 is 0 Å². The third kappa shape index (κ3) is 3.00. The summed E-state index contributed by atoms with van der Waals surface area (Å²) in [5, 5.41) is 7.48. The lowest BCUT2D eigenvalue weighted by atomic mass is 10.1. The number of hydrogen-bond acceptors (Lipinski definition) is 4. The second-order valence-corrected chi connectivity index (χ2v) is 6.14. The summed E-state index contributed by atoms with van der Waals surface area (Å²) in [6.45, 7) is 6.90. The van der Waals surface area contributed by atoms with E-state index < -0.39 is 0 Å². The van der Waals surface area contributed by atoms with Crippen LogP contribution in [0.1, 0.15) is 26.3 Å². The summed E-state index contributed by atoms with van der Waals surface area (Å²) in [5.41, 5.74) is 0.866. The van der Waals surface area contributed by atoms with E-state index in [1.807, 2.05) is 20.9 Å². The van der Waals surface area contributed by atoms with Gasteiger partial charge < -0.3 is 10.2 Å². The smallest absolute Gasteiger partial charge is 0.283 e. The van der Waals surface area contributed by atoms with Crippen molar-refractivity contribution in [1.82, 2.24) is 15.1 Å². The van der Waals surface area contributed by atoms with Crippen LogP contribution in [0.15, 0.2) is 15.5 Å². The lowest BCUT2D eigenvalue weighted by Crippen LogP contribution is -2.30. The zero-order valence-electron chi connectivity index (χ0n) is 11.7. The number of anilines is 1. The molecule has 0 aromatic carbocycles. The lowest BCUT2D eigenvalue weighted by Gasteiger charge is -2.20. The number of hydrogen-bond donors (Lipinski definition) is 1. The molecule has 0 saturated carbocycles. The van der Waals surface area contributed by atoms with Gasteiger partial charge in [0.25, 0.3) is 5.56 Å². The van der Waals surface area contributed by atoms with E-state index >= 15 is 0 Å². The van der Waals surface area contributed by atoms with Gasteiger partial charge in [0.1, 0.15) is 4.47 Å². The maximum atomic E-state index is 12.2. The van der Waals surface area contributed by atoms with Crippen molar-refractivity contribution in [3.8, 4) is 0 Å². The van der Waals surface area contributed by atoms with Gasteiger partial charge in [-0.2, -0.15) is 5.10 Å². The van der Waals surface area contributed by atoms with Gasteiger partial charge in [-0.25, -0.2) is 4.68 Å². The number of rotatable bonds is 4. The van der Waals surface area contributed by atoms with Crippen molar-refractivity contribution in [3.05, 3.63) is 21.0 Å². The number of halogens is 1. The highest BCUT2D eigenvalue weighted by Gasteiger charge is 2.25. The zero-order valence-corrected chi connectivity index (χ0v) is 13.3. The molecule has 2 heterocycles. The number of nitrogens with zero attached hydrogens (tertiary/aromatic N) is 3. The van der Waals surface area contributed by atoms with E-state index in [1.54, 1.807) is 6.20 Å². The Morgan fingerprint density at radius 3 is 2.95 bits per heavy atom. The van der Waals surface area contributed by atoms with Crippen LogP contribution >= 0.6 is 15.9 Å². The standard InChI is InChI=1S/C13H21BrN4O/c1-9(2)18-13(19)12(14)11(7-16-18)17-5-4-10(8-17)6-15-3/h7,9-10,15H,4-6,8H2,1-3H3. The van der Waals surface area contributed by atoms with Crippen LogP contribution in [0.2, 0.25) is 0 Å². The van der Waals surface area contributed by atoms with Crippen LogP contribution in [-0.4, -0.2) is 36.5 Å². The maximum Gasteiger partial charge on any atom is 0.283 e. The minimum atomic E-state index is -0.0513. The van der Waals surface area contributed by atoms with Crippen molar-refractivity contribution in [2.75, 3.05) is 31.6 Å². The molecule has 19 heavy (non-hydrogen) atoms. The Bertz CT molecular complexity index is 500. The highest BCUT2D eigenvalue weighted by Crippen LogP contribution is 2.27. The molecule has 1 aromatic heterocycles. The average molecular weight is 329 g/mol. The van der Waals surface area contributed by atoms with Gasteiger partial charge in [-0.1, -0.05) is 0 Å². The Kier molecular flexibility index (Phi) is 4.62. The van der Waals surface area contributed by atoms with Crippen LogP contribution in [-0.2, 0) is 0 Å². The normalized spacial score (nSPS) is 19.4. The van der Waals surface area contributed by atoms with Crippen LogP contribution in [0, 0.1) is 5.92 Å². The molecule has 0 spiro atoms. The van der Waals surface area contributed by atoms with Crippen molar-refractivity contribution in [1.29, 1.82) is 0 Å². The Labute approximate surface area is 122 Å². The third-order valence-corrected chi connectivity index (χ3v) is 4.28.